The smallest absolute Gasteiger partial charge is 0.315 e. The average molecular weight is 267 g/mol. The van der Waals surface area contributed by atoms with Crippen molar-refractivity contribution in [1.82, 2.24) is 5.32 Å². The molecule has 1 N–H and O–H groups in total. The van der Waals surface area contributed by atoms with Crippen molar-refractivity contribution in [2.45, 2.75) is 70.2 Å². The van der Waals surface area contributed by atoms with Gasteiger partial charge in [0, 0.05) is 0 Å². The third-order valence-electron chi connectivity index (χ3n) is 4.87. The summed E-state index contributed by atoms with van der Waals surface area (Å²) in [6, 6.07) is 0. The molecule has 4 rings (SSSR count). The lowest BCUT2D eigenvalue weighted by Crippen LogP contribution is -2.58. The standard InChI is InChI=1S/C15H25NO3/c1-12(2,3)18-11(17)14-9-13(4,10-14)19-15(14)5-7-16-8-6-15/h16H,5-10H2,1-4H3. The van der Waals surface area contributed by atoms with Gasteiger partial charge in [0.2, 0.25) is 0 Å². The largest absolute Gasteiger partial charge is 0.459 e. The Morgan fingerprint density at radius 2 is 1.79 bits per heavy atom. The Bertz CT molecular complexity index is 398. The third kappa shape index (κ3) is 1.83. The molecule has 0 amide bonds. The number of carbonyl (C=O) groups is 1. The van der Waals surface area contributed by atoms with E-state index in [1.165, 1.54) is 0 Å². The highest BCUT2D eigenvalue weighted by atomic mass is 16.6. The highest BCUT2D eigenvalue weighted by molar-refractivity contribution is 5.82. The second kappa shape index (κ2) is 3.73. The van der Waals surface area contributed by atoms with Gasteiger partial charge in [0.25, 0.3) is 0 Å². The summed E-state index contributed by atoms with van der Waals surface area (Å²) in [6.45, 7) is 9.80. The van der Waals surface area contributed by atoms with Gasteiger partial charge in [-0.05, 0) is 66.5 Å². The number of esters is 1. The van der Waals surface area contributed by atoms with Gasteiger partial charge in [-0.2, -0.15) is 0 Å². The molecule has 3 heterocycles. The number of hydrogen-bond acceptors (Lipinski definition) is 4. The van der Waals surface area contributed by atoms with Crippen molar-refractivity contribution >= 4 is 5.97 Å². The van der Waals surface area contributed by atoms with Gasteiger partial charge < -0.3 is 14.8 Å². The second-order valence-corrected chi connectivity index (χ2v) is 7.73. The maximum atomic E-state index is 12.7. The van der Waals surface area contributed by atoms with E-state index >= 15 is 0 Å². The van der Waals surface area contributed by atoms with Crippen LogP contribution < -0.4 is 5.32 Å². The summed E-state index contributed by atoms with van der Waals surface area (Å²) >= 11 is 0. The number of ether oxygens (including phenoxy) is 2. The molecule has 108 valence electrons. The van der Waals surface area contributed by atoms with Crippen molar-refractivity contribution in [3.8, 4) is 0 Å². The first kappa shape index (κ1) is 13.4. The molecular weight excluding hydrogens is 242 g/mol. The summed E-state index contributed by atoms with van der Waals surface area (Å²) < 4.78 is 12.0. The lowest BCUT2D eigenvalue weighted by molar-refractivity contribution is -0.178. The van der Waals surface area contributed by atoms with Crippen LogP contribution in [0, 0.1) is 5.41 Å². The highest BCUT2D eigenvalue weighted by Crippen LogP contribution is 2.69. The molecule has 4 heteroatoms. The number of nitrogens with one attached hydrogen (secondary N) is 1. The quantitative estimate of drug-likeness (QED) is 0.738. The number of hydrogen-bond donors (Lipinski definition) is 1. The Kier molecular flexibility index (Phi) is 2.63. The Hall–Kier alpha value is -0.610. The zero-order chi connectivity index (χ0) is 13.9. The minimum atomic E-state index is -0.422. The molecule has 3 saturated heterocycles. The van der Waals surface area contributed by atoms with E-state index in [2.05, 4.69) is 12.2 Å². The summed E-state index contributed by atoms with van der Waals surface area (Å²) in [6.07, 6.45) is 3.49. The molecular formula is C15H25NO3. The normalized spacial score (nSPS) is 40.0. The van der Waals surface area contributed by atoms with Gasteiger partial charge in [0.1, 0.15) is 11.0 Å². The van der Waals surface area contributed by atoms with Gasteiger partial charge in [0.05, 0.1) is 11.2 Å². The van der Waals surface area contributed by atoms with Gasteiger partial charge in [-0.25, -0.2) is 0 Å². The molecule has 19 heavy (non-hydrogen) atoms. The van der Waals surface area contributed by atoms with Crippen LogP contribution in [0.5, 0.6) is 0 Å². The molecule has 0 radical (unpaired) electrons. The van der Waals surface area contributed by atoms with E-state index in [1.54, 1.807) is 0 Å². The molecule has 4 aliphatic rings. The zero-order valence-electron chi connectivity index (χ0n) is 12.5. The monoisotopic (exact) mass is 267 g/mol. The summed E-state index contributed by atoms with van der Waals surface area (Å²) in [7, 11) is 0. The van der Waals surface area contributed by atoms with Crippen molar-refractivity contribution < 1.29 is 14.3 Å². The third-order valence-corrected chi connectivity index (χ3v) is 4.87. The van der Waals surface area contributed by atoms with Gasteiger partial charge in [0.15, 0.2) is 0 Å². The molecule has 0 atom stereocenters. The number of piperidine rings is 1. The van der Waals surface area contributed by atoms with Crippen LogP contribution in [-0.4, -0.2) is 35.9 Å². The molecule has 1 aliphatic carbocycles. The molecule has 4 fully saturated rings. The van der Waals surface area contributed by atoms with Crippen LogP contribution in [0.2, 0.25) is 0 Å². The first-order valence-electron chi connectivity index (χ1n) is 7.35. The molecule has 0 aromatic carbocycles. The minimum Gasteiger partial charge on any atom is -0.459 e. The Morgan fingerprint density at radius 1 is 1.21 bits per heavy atom. The summed E-state index contributed by atoms with van der Waals surface area (Å²) in [5.74, 6) is -0.0446. The van der Waals surface area contributed by atoms with E-state index < -0.39 is 11.0 Å². The van der Waals surface area contributed by atoms with E-state index in [-0.39, 0.29) is 17.2 Å². The maximum absolute atomic E-state index is 12.7. The van der Waals surface area contributed by atoms with E-state index in [4.69, 9.17) is 9.47 Å². The van der Waals surface area contributed by atoms with Crippen LogP contribution in [0.4, 0.5) is 0 Å². The summed E-state index contributed by atoms with van der Waals surface area (Å²) in [5.41, 5.74) is -1.20. The summed E-state index contributed by atoms with van der Waals surface area (Å²) in [4.78, 5) is 12.7. The summed E-state index contributed by atoms with van der Waals surface area (Å²) in [5, 5.41) is 3.36. The van der Waals surface area contributed by atoms with Crippen molar-refractivity contribution in [2.24, 2.45) is 5.41 Å². The average Bonchev–Trinajstić information content (AvgIpc) is 2.60. The lowest BCUT2D eigenvalue weighted by Gasteiger charge is -2.47. The fourth-order valence-electron chi connectivity index (χ4n) is 4.31. The fourth-order valence-corrected chi connectivity index (χ4v) is 4.31. The van der Waals surface area contributed by atoms with Crippen LogP contribution in [0.25, 0.3) is 0 Å². The van der Waals surface area contributed by atoms with Gasteiger partial charge >= 0.3 is 5.97 Å². The SMILES string of the molecule is CC(C)(C)OC(=O)C12CC(C)(C1)OC21CCNCC1. The van der Waals surface area contributed by atoms with Crippen LogP contribution >= 0.6 is 0 Å². The first-order chi connectivity index (χ1) is 8.71. The van der Waals surface area contributed by atoms with E-state index in [0.717, 1.165) is 38.8 Å². The van der Waals surface area contributed by atoms with Crippen molar-refractivity contribution in [3.05, 3.63) is 0 Å². The Labute approximate surface area is 115 Å². The second-order valence-electron chi connectivity index (χ2n) is 7.73. The molecule has 0 aromatic heterocycles. The highest BCUT2D eigenvalue weighted by Gasteiger charge is 2.77. The minimum absolute atomic E-state index is 0.0446. The van der Waals surface area contributed by atoms with Crippen molar-refractivity contribution in [1.29, 1.82) is 0 Å². The predicted molar refractivity (Wildman–Crippen MR) is 71.8 cm³/mol. The lowest BCUT2D eigenvalue weighted by atomic mass is 9.54. The molecule has 2 bridgehead atoms. The van der Waals surface area contributed by atoms with Crippen molar-refractivity contribution in [3.63, 3.8) is 0 Å². The van der Waals surface area contributed by atoms with Gasteiger partial charge in [-0.1, -0.05) is 0 Å². The van der Waals surface area contributed by atoms with Crippen LogP contribution in [0.1, 0.15) is 53.4 Å². The van der Waals surface area contributed by atoms with E-state index in [0.29, 0.717) is 0 Å². The molecule has 3 aliphatic heterocycles. The molecule has 0 unspecified atom stereocenters. The first-order valence-corrected chi connectivity index (χ1v) is 7.35. The zero-order valence-corrected chi connectivity index (χ0v) is 12.5. The van der Waals surface area contributed by atoms with Gasteiger partial charge in [-0.3, -0.25) is 4.79 Å². The molecule has 1 spiro atoms. The number of carbonyl (C=O) groups excluding carboxylic acids is 1. The van der Waals surface area contributed by atoms with Crippen LogP contribution in [0.15, 0.2) is 0 Å². The topological polar surface area (TPSA) is 47.6 Å². The maximum Gasteiger partial charge on any atom is 0.315 e. The van der Waals surface area contributed by atoms with E-state index in [9.17, 15) is 4.79 Å². The Morgan fingerprint density at radius 3 is 2.32 bits per heavy atom. The number of rotatable bonds is 1. The molecule has 1 saturated carbocycles. The molecule has 0 aromatic rings. The van der Waals surface area contributed by atoms with Crippen LogP contribution in [0.3, 0.4) is 0 Å². The Balaban J connectivity index is 1.87. The van der Waals surface area contributed by atoms with Crippen molar-refractivity contribution in [2.75, 3.05) is 13.1 Å². The molecule has 4 nitrogen and oxygen atoms in total. The van der Waals surface area contributed by atoms with Gasteiger partial charge in [-0.15, -0.1) is 0 Å². The van der Waals surface area contributed by atoms with Crippen LogP contribution in [-0.2, 0) is 14.3 Å². The fraction of sp³-hybridized carbons (Fsp3) is 0.933. The predicted octanol–water partition coefficient (Wildman–Crippen LogP) is 2.02. The van der Waals surface area contributed by atoms with E-state index in [1.807, 2.05) is 20.8 Å².